The summed E-state index contributed by atoms with van der Waals surface area (Å²) in [6, 6.07) is 4.92. The molecule has 1 N–H and O–H groups in total. The van der Waals surface area contributed by atoms with Crippen LogP contribution in [0.15, 0.2) is 41.6 Å². The molecule has 2 heterocycles. The van der Waals surface area contributed by atoms with Gasteiger partial charge in [0.15, 0.2) is 5.03 Å². The number of benzene rings is 1. The Morgan fingerprint density at radius 1 is 1.28 bits per heavy atom. The van der Waals surface area contributed by atoms with Crippen LogP contribution in [0, 0.1) is 6.57 Å². The van der Waals surface area contributed by atoms with Crippen LogP contribution in [0.2, 0.25) is 0 Å². The number of imidazole rings is 1. The molecule has 1 aromatic carbocycles. The standard InChI is InChI=1S/C18H16F3N5O2S/c1-4-26-15-9-12(18(19,20)21)5-7-14(15)24-17(26)11(2)25-29(27,28)16-8-6-13(22-3)10-23-16/h5-11,25H,4H2,1-2H3/t11-/m1/s1. The van der Waals surface area contributed by atoms with Crippen molar-refractivity contribution in [2.45, 2.75) is 37.6 Å². The molecule has 1 atom stereocenters. The maximum Gasteiger partial charge on any atom is 0.416 e. The predicted octanol–water partition coefficient (Wildman–Crippen LogP) is 4.06. The maximum absolute atomic E-state index is 13.0. The molecule has 0 aliphatic heterocycles. The van der Waals surface area contributed by atoms with Crippen molar-refractivity contribution in [1.82, 2.24) is 19.3 Å². The van der Waals surface area contributed by atoms with E-state index in [1.165, 1.54) is 22.8 Å². The van der Waals surface area contributed by atoms with E-state index in [0.717, 1.165) is 18.3 Å². The van der Waals surface area contributed by atoms with Crippen molar-refractivity contribution >= 4 is 26.7 Å². The number of hydrogen-bond acceptors (Lipinski definition) is 4. The molecule has 0 saturated carbocycles. The molecule has 3 rings (SSSR count). The summed E-state index contributed by atoms with van der Waals surface area (Å²) in [5.41, 5.74) is -0.00272. The number of fused-ring (bicyclic) bond motifs is 1. The fourth-order valence-corrected chi connectivity index (χ4v) is 4.05. The summed E-state index contributed by atoms with van der Waals surface area (Å²) in [4.78, 5) is 11.2. The van der Waals surface area contributed by atoms with Crippen LogP contribution in [0.3, 0.4) is 0 Å². The number of rotatable bonds is 5. The minimum atomic E-state index is -4.49. The minimum Gasteiger partial charge on any atom is -0.327 e. The van der Waals surface area contributed by atoms with Crippen molar-refractivity contribution in [3.05, 3.63) is 59.3 Å². The van der Waals surface area contributed by atoms with Crippen molar-refractivity contribution in [3.63, 3.8) is 0 Å². The summed E-state index contributed by atoms with van der Waals surface area (Å²) in [5, 5.41) is -0.268. The fourth-order valence-electron chi connectivity index (χ4n) is 2.92. The molecule has 152 valence electrons. The lowest BCUT2D eigenvalue weighted by Crippen LogP contribution is -2.29. The van der Waals surface area contributed by atoms with Gasteiger partial charge in [0.05, 0.1) is 29.2 Å². The highest BCUT2D eigenvalue weighted by molar-refractivity contribution is 7.89. The van der Waals surface area contributed by atoms with E-state index in [9.17, 15) is 21.6 Å². The van der Waals surface area contributed by atoms with Gasteiger partial charge < -0.3 is 4.57 Å². The third-order valence-electron chi connectivity index (χ3n) is 4.27. The Morgan fingerprint density at radius 3 is 2.55 bits per heavy atom. The average molecular weight is 423 g/mol. The van der Waals surface area contributed by atoms with Crippen molar-refractivity contribution in [2.24, 2.45) is 0 Å². The molecule has 2 aromatic heterocycles. The second-order valence-corrected chi connectivity index (χ2v) is 7.89. The number of alkyl halides is 3. The predicted molar refractivity (Wildman–Crippen MR) is 99.6 cm³/mol. The van der Waals surface area contributed by atoms with Crippen molar-refractivity contribution in [1.29, 1.82) is 0 Å². The van der Waals surface area contributed by atoms with Gasteiger partial charge in [0.1, 0.15) is 5.82 Å². The van der Waals surface area contributed by atoms with Crippen LogP contribution in [0.1, 0.15) is 31.3 Å². The molecule has 0 aliphatic carbocycles. The van der Waals surface area contributed by atoms with E-state index in [1.807, 2.05) is 0 Å². The first-order chi connectivity index (χ1) is 13.6. The van der Waals surface area contributed by atoms with Gasteiger partial charge in [0, 0.05) is 12.7 Å². The van der Waals surface area contributed by atoms with Gasteiger partial charge in [-0.1, -0.05) is 6.07 Å². The first-order valence-corrected chi connectivity index (χ1v) is 9.98. The van der Waals surface area contributed by atoms with Gasteiger partial charge in [-0.05, 0) is 38.1 Å². The van der Waals surface area contributed by atoms with E-state index < -0.39 is 27.8 Å². The van der Waals surface area contributed by atoms with E-state index in [1.54, 1.807) is 13.8 Å². The molecule has 0 bridgehead atoms. The summed E-state index contributed by atoms with van der Waals surface area (Å²) >= 11 is 0. The minimum absolute atomic E-state index is 0.199. The number of aryl methyl sites for hydroxylation is 1. The molecule has 0 amide bonds. The van der Waals surface area contributed by atoms with E-state index in [2.05, 4.69) is 19.5 Å². The van der Waals surface area contributed by atoms with Gasteiger partial charge in [-0.3, -0.25) is 4.98 Å². The maximum atomic E-state index is 13.0. The first kappa shape index (κ1) is 20.8. The van der Waals surface area contributed by atoms with Crippen molar-refractivity contribution in [2.75, 3.05) is 0 Å². The SMILES string of the molecule is [C-]#[N+]c1ccc(S(=O)(=O)N[C@H](C)c2nc3ccc(C(F)(F)F)cc3n2CC)nc1. The van der Waals surface area contributed by atoms with Crippen LogP contribution >= 0.6 is 0 Å². The lowest BCUT2D eigenvalue weighted by molar-refractivity contribution is -0.137. The second kappa shape index (κ2) is 7.46. The normalized spacial score (nSPS) is 13.4. The fraction of sp³-hybridized carbons (Fsp3) is 0.278. The Labute approximate surface area is 165 Å². The third kappa shape index (κ3) is 4.08. The molecule has 0 saturated heterocycles. The summed E-state index contributed by atoms with van der Waals surface area (Å²) in [5.74, 6) is 0.281. The van der Waals surface area contributed by atoms with Gasteiger partial charge in [-0.15, -0.1) is 0 Å². The number of hydrogen-bond donors (Lipinski definition) is 1. The smallest absolute Gasteiger partial charge is 0.327 e. The molecular formula is C18H16F3N5O2S. The van der Waals surface area contributed by atoms with Crippen LogP contribution in [0.25, 0.3) is 15.9 Å². The number of aromatic nitrogens is 3. The molecule has 0 radical (unpaired) electrons. The number of pyridine rings is 1. The molecular weight excluding hydrogens is 407 g/mol. The second-order valence-electron chi connectivity index (χ2n) is 6.22. The summed E-state index contributed by atoms with van der Waals surface area (Å²) < 4.78 is 68.2. The molecule has 0 fully saturated rings. The van der Waals surface area contributed by atoms with Crippen LogP contribution in [0.5, 0.6) is 0 Å². The highest BCUT2D eigenvalue weighted by Gasteiger charge is 2.31. The zero-order chi connectivity index (χ0) is 21.4. The highest BCUT2D eigenvalue weighted by Crippen LogP contribution is 2.32. The van der Waals surface area contributed by atoms with Crippen molar-refractivity contribution < 1.29 is 21.6 Å². The van der Waals surface area contributed by atoms with Gasteiger partial charge in [0.2, 0.25) is 5.69 Å². The molecule has 7 nitrogen and oxygen atoms in total. The van der Waals surface area contributed by atoms with E-state index in [-0.39, 0.29) is 22.1 Å². The number of halogens is 3. The van der Waals surface area contributed by atoms with Crippen LogP contribution in [0.4, 0.5) is 18.9 Å². The van der Waals surface area contributed by atoms with Crippen LogP contribution in [-0.4, -0.2) is 23.0 Å². The summed E-state index contributed by atoms with van der Waals surface area (Å²) in [6.45, 7) is 10.5. The summed E-state index contributed by atoms with van der Waals surface area (Å²) in [7, 11) is -4.02. The first-order valence-electron chi connectivity index (χ1n) is 8.50. The van der Waals surface area contributed by atoms with Gasteiger partial charge >= 0.3 is 6.18 Å². The Hall–Kier alpha value is -2.97. The zero-order valence-corrected chi connectivity index (χ0v) is 16.2. The Morgan fingerprint density at radius 2 is 2.00 bits per heavy atom. The van der Waals surface area contributed by atoms with Crippen LogP contribution < -0.4 is 4.72 Å². The van der Waals surface area contributed by atoms with Crippen LogP contribution in [-0.2, 0) is 22.7 Å². The topological polar surface area (TPSA) is 81.2 Å². The number of nitrogens with zero attached hydrogens (tertiary/aromatic N) is 4. The molecule has 0 unspecified atom stereocenters. The van der Waals surface area contributed by atoms with E-state index in [0.29, 0.717) is 12.1 Å². The molecule has 3 aromatic rings. The molecule has 29 heavy (non-hydrogen) atoms. The third-order valence-corrected chi connectivity index (χ3v) is 5.72. The Kier molecular flexibility index (Phi) is 5.34. The molecule has 11 heteroatoms. The zero-order valence-electron chi connectivity index (χ0n) is 15.4. The van der Waals surface area contributed by atoms with Gasteiger partial charge in [-0.2, -0.15) is 17.9 Å². The van der Waals surface area contributed by atoms with E-state index in [4.69, 9.17) is 6.57 Å². The van der Waals surface area contributed by atoms with Crippen molar-refractivity contribution in [3.8, 4) is 0 Å². The average Bonchev–Trinajstić information content (AvgIpc) is 3.05. The van der Waals surface area contributed by atoms with Gasteiger partial charge in [0.25, 0.3) is 10.0 Å². The summed E-state index contributed by atoms with van der Waals surface area (Å²) in [6.07, 6.45) is -3.35. The quantitative estimate of drug-likeness (QED) is 0.628. The Bertz CT molecular complexity index is 1200. The van der Waals surface area contributed by atoms with E-state index >= 15 is 0 Å². The number of nitrogens with one attached hydrogen (secondary N) is 1. The Balaban J connectivity index is 1.97. The largest absolute Gasteiger partial charge is 0.416 e. The molecule has 0 spiro atoms. The molecule has 0 aliphatic rings. The highest BCUT2D eigenvalue weighted by atomic mass is 32.2. The lowest BCUT2D eigenvalue weighted by atomic mass is 10.2. The lowest BCUT2D eigenvalue weighted by Gasteiger charge is -2.15. The monoisotopic (exact) mass is 423 g/mol. The van der Waals surface area contributed by atoms with Gasteiger partial charge in [-0.25, -0.2) is 18.2 Å². The number of sulfonamides is 1.